The number of thiazole rings is 1. The van der Waals surface area contributed by atoms with Crippen LogP contribution in [0.3, 0.4) is 0 Å². The molecule has 0 atom stereocenters. The van der Waals surface area contributed by atoms with Gasteiger partial charge in [-0.1, -0.05) is 0 Å². The summed E-state index contributed by atoms with van der Waals surface area (Å²) >= 11 is 1.55. The van der Waals surface area contributed by atoms with Gasteiger partial charge in [0.2, 0.25) is 0 Å². The van der Waals surface area contributed by atoms with Crippen LogP contribution in [0.25, 0.3) is 0 Å². The Kier molecular flexibility index (Phi) is 3.88. The molecule has 1 aromatic heterocycles. The van der Waals surface area contributed by atoms with Crippen LogP contribution in [0.15, 0.2) is 29.8 Å². The Bertz CT molecular complexity index is 543. The second-order valence-corrected chi connectivity index (χ2v) is 4.58. The number of aromatic carboxylic acids is 1. The third kappa shape index (κ3) is 3.04. The van der Waals surface area contributed by atoms with Crippen LogP contribution in [0.1, 0.15) is 15.4 Å². The fraction of sp³-hybridized carbons (Fsp3) is 0.167. The van der Waals surface area contributed by atoms with Gasteiger partial charge in [0.15, 0.2) is 0 Å². The monoisotopic (exact) mass is 266 g/mol. The second-order valence-electron chi connectivity index (χ2n) is 3.60. The van der Waals surface area contributed by atoms with Crippen LogP contribution in [0, 0.1) is 5.82 Å². The molecule has 2 aromatic rings. The fourth-order valence-electron chi connectivity index (χ4n) is 1.47. The highest BCUT2D eigenvalue weighted by atomic mass is 32.1. The van der Waals surface area contributed by atoms with Crippen LogP contribution in [-0.4, -0.2) is 22.6 Å². The topological polar surface area (TPSA) is 62.2 Å². The summed E-state index contributed by atoms with van der Waals surface area (Å²) in [5, 5.41) is 14.5. The van der Waals surface area contributed by atoms with Crippen molar-refractivity contribution in [1.82, 2.24) is 4.98 Å². The number of rotatable bonds is 5. The number of hydrogen-bond donors (Lipinski definition) is 2. The van der Waals surface area contributed by atoms with Crippen molar-refractivity contribution < 1.29 is 14.3 Å². The molecule has 4 nitrogen and oxygen atoms in total. The van der Waals surface area contributed by atoms with Crippen molar-refractivity contribution in [3.05, 3.63) is 46.2 Å². The van der Waals surface area contributed by atoms with Crippen LogP contribution >= 0.6 is 11.3 Å². The Morgan fingerprint density at radius 2 is 2.33 bits per heavy atom. The standard InChI is InChI=1S/C12H11FN2O2S/c13-9-7-8(12(16)17)1-2-10(9)14-4-3-11-15-5-6-18-11/h1-2,5-7,14H,3-4H2,(H,16,17). The first-order valence-corrected chi connectivity index (χ1v) is 6.20. The molecule has 0 saturated heterocycles. The van der Waals surface area contributed by atoms with Gasteiger partial charge in [-0.15, -0.1) is 11.3 Å². The second kappa shape index (κ2) is 5.59. The van der Waals surface area contributed by atoms with E-state index >= 15 is 0 Å². The lowest BCUT2D eigenvalue weighted by atomic mass is 10.2. The number of halogens is 1. The Labute approximate surface area is 107 Å². The van der Waals surface area contributed by atoms with E-state index in [1.54, 1.807) is 17.5 Å². The minimum absolute atomic E-state index is 0.0574. The molecule has 94 valence electrons. The van der Waals surface area contributed by atoms with Gasteiger partial charge in [0.05, 0.1) is 16.3 Å². The smallest absolute Gasteiger partial charge is 0.335 e. The summed E-state index contributed by atoms with van der Waals surface area (Å²) in [6.07, 6.45) is 2.43. The lowest BCUT2D eigenvalue weighted by Gasteiger charge is -2.07. The maximum atomic E-state index is 13.5. The number of aromatic nitrogens is 1. The highest BCUT2D eigenvalue weighted by Gasteiger charge is 2.07. The Morgan fingerprint density at radius 1 is 1.50 bits per heavy atom. The van der Waals surface area contributed by atoms with Gasteiger partial charge in [-0.25, -0.2) is 14.2 Å². The van der Waals surface area contributed by atoms with Crippen LogP contribution in [0.5, 0.6) is 0 Å². The average molecular weight is 266 g/mol. The zero-order valence-corrected chi connectivity index (χ0v) is 10.2. The van der Waals surface area contributed by atoms with E-state index in [9.17, 15) is 9.18 Å². The molecule has 0 amide bonds. The Balaban J connectivity index is 1.95. The highest BCUT2D eigenvalue weighted by molar-refractivity contribution is 7.09. The summed E-state index contributed by atoms with van der Waals surface area (Å²) in [7, 11) is 0. The largest absolute Gasteiger partial charge is 0.478 e. The van der Waals surface area contributed by atoms with E-state index in [4.69, 9.17) is 5.11 Å². The average Bonchev–Trinajstić information content (AvgIpc) is 2.84. The van der Waals surface area contributed by atoms with Crippen LogP contribution < -0.4 is 5.32 Å². The zero-order chi connectivity index (χ0) is 13.0. The molecule has 0 aliphatic heterocycles. The van der Waals surface area contributed by atoms with Gasteiger partial charge in [0.1, 0.15) is 5.82 Å². The first-order valence-electron chi connectivity index (χ1n) is 5.32. The van der Waals surface area contributed by atoms with Crippen molar-refractivity contribution in [2.24, 2.45) is 0 Å². The number of nitrogens with one attached hydrogen (secondary N) is 1. The summed E-state index contributed by atoms with van der Waals surface area (Å²) in [5.41, 5.74) is 0.245. The molecule has 0 bridgehead atoms. The molecule has 0 fully saturated rings. The van der Waals surface area contributed by atoms with Gasteiger partial charge >= 0.3 is 5.97 Å². The molecule has 1 heterocycles. The molecule has 6 heteroatoms. The van der Waals surface area contributed by atoms with Gasteiger partial charge < -0.3 is 10.4 Å². The first-order chi connectivity index (χ1) is 8.66. The van der Waals surface area contributed by atoms with Gasteiger partial charge in [0.25, 0.3) is 0 Å². The maximum absolute atomic E-state index is 13.5. The van der Waals surface area contributed by atoms with Gasteiger partial charge in [0, 0.05) is 24.5 Å². The summed E-state index contributed by atoms with van der Waals surface area (Å²) in [6, 6.07) is 3.81. The number of carboxylic acid groups (broad SMARTS) is 1. The number of carbonyl (C=O) groups is 1. The molecule has 0 radical (unpaired) electrons. The minimum Gasteiger partial charge on any atom is -0.478 e. The van der Waals surface area contributed by atoms with E-state index in [2.05, 4.69) is 10.3 Å². The molecular formula is C12H11FN2O2S. The van der Waals surface area contributed by atoms with Gasteiger partial charge in [-0.2, -0.15) is 0 Å². The summed E-state index contributed by atoms with van der Waals surface area (Å²) in [6.45, 7) is 0.552. The number of nitrogens with zero attached hydrogens (tertiary/aromatic N) is 1. The molecule has 0 aliphatic rings. The molecule has 2 N–H and O–H groups in total. The molecule has 0 saturated carbocycles. The Hall–Kier alpha value is -1.95. The molecule has 1 aromatic carbocycles. The molecule has 18 heavy (non-hydrogen) atoms. The van der Waals surface area contributed by atoms with E-state index < -0.39 is 11.8 Å². The first kappa shape index (κ1) is 12.5. The van der Waals surface area contributed by atoms with Crippen molar-refractivity contribution >= 4 is 23.0 Å². The molecule has 0 aliphatic carbocycles. The van der Waals surface area contributed by atoms with Crippen molar-refractivity contribution in [2.75, 3.05) is 11.9 Å². The third-order valence-corrected chi connectivity index (χ3v) is 3.19. The highest BCUT2D eigenvalue weighted by Crippen LogP contribution is 2.16. The van der Waals surface area contributed by atoms with Gasteiger partial charge in [-0.05, 0) is 18.2 Å². The SMILES string of the molecule is O=C(O)c1ccc(NCCc2nccs2)c(F)c1. The van der Waals surface area contributed by atoms with Crippen LogP contribution in [0.4, 0.5) is 10.1 Å². The molecule has 0 spiro atoms. The van der Waals surface area contributed by atoms with E-state index in [-0.39, 0.29) is 5.56 Å². The summed E-state index contributed by atoms with van der Waals surface area (Å²) in [4.78, 5) is 14.8. The minimum atomic E-state index is -1.14. The van der Waals surface area contributed by atoms with E-state index in [1.165, 1.54) is 12.1 Å². The van der Waals surface area contributed by atoms with E-state index in [0.29, 0.717) is 18.7 Å². The van der Waals surface area contributed by atoms with Crippen molar-refractivity contribution in [2.45, 2.75) is 6.42 Å². The van der Waals surface area contributed by atoms with Crippen molar-refractivity contribution in [3.8, 4) is 0 Å². The lowest BCUT2D eigenvalue weighted by molar-refractivity contribution is 0.0696. The van der Waals surface area contributed by atoms with Crippen molar-refractivity contribution in [3.63, 3.8) is 0 Å². The van der Waals surface area contributed by atoms with Gasteiger partial charge in [-0.3, -0.25) is 0 Å². The quantitative estimate of drug-likeness (QED) is 0.873. The normalized spacial score (nSPS) is 10.3. The van der Waals surface area contributed by atoms with Crippen molar-refractivity contribution in [1.29, 1.82) is 0 Å². The molecule has 0 unspecified atom stereocenters. The third-order valence-electron chi connectivity index (χ3n) is 2.35. The number of benzene rings is 1. The number of carboxylic acids is 1. The number of hydrogen-bond acceptors (Lipinski definition) is 4. The predicted molar refractivity (Wildman–Crippen MR) is 67.7 cm³/mol. The maximum Gasteiger partial charge on any atom is 0.335 e. The fourth-order valence-corrected chi connectivity index (χ4v) is 2.09. The molecular weight excluding hydrogens is 255 g/mol. The lowest BCUT2D eigenvalue weighted by Crippen LogP contribution is -2.07. The summed E-state index contributed by atoms with van der Waals surface area (Å²) in [5.74, 6) is -1.70. The predicted octanol–water partition coefficient (Wildman–Crippen LogP) is 2.64. The zero-order valence-electron chi connectivity index (χ0n) is 9.39. The van der Waals surface area contributed by atoms with Crippen LogP contribution in [-0.2, 0) is 6.42 Å². The van der Waals surface area contributed by atoms with Crippen LogP contribution in [0.2, 0.25) is 0 Å². The Morgan fingerprint density at radius 3 is 2.94 bits per heavy atom. The number of anilines is 1. The van der Waals surface area contributed by atoms with E-state index in [1.807, 2.05) is 5.38 Å². The van der Waals surface area contributed by atoms with E-state index in [0.717, 1.165) is 11.1 Å². The molecule has 2 rings (SSSR count). The summed E-state index contributed by atoms with van der Waals surface area (Å²) < 4.78 is 13.5.